The van der Waals surface area contributed by atoms with Crippen molar-refractivity contribution < 1.29 is 14.5 Å². The van der Waals surface area contributed by atoms with E-state index in [2.05, 4.69) is 22.1 Å². The molecule has 1 amide bonds. The highest BCUT2D eigenvalue weighted by Gasteiger charge is 2.25. The van der Waals surface area contributed by atoms with Crippen LogP contribution in [0.1, 0.15) is 30.1 Å². The lowest BCUT2D eigenvalue weighted by atomic mass is 9.99. The number of nitro groups is 1. The SMILES string of the molecule is CC1CCCN(c2ccc(C(=O)Nc3ccc(N4CCOCC4)nc3)cc2[N+](=O)[O-])C1. The van der Waals surface area contributed by atoms with Gasteiger partial charge < -0.3 is 19.9 Å². The first-order valence-electron chi connectivity index (χ1n) is 10.6. The molecule has 2 aliphatic rings. The number of amides is 1. The predicted molar refractivity (Wildman–Crippen MR) is 119 cm³/mol. The van der Waals surface area contributed by atoms with Gasteiger partial charge in [0.2, 0.25) is 0 Å². The van der Waals surface area contributed by atoms with E-state index in [-0.39, 0.29) is 11.3 Å². The number of anilines is 3. The summed E-state index contributed by atoms with van der Waals surface area (Å²) in [5.74, 6) is 0.920. The number of aromatic nitrogens is 1. The van der Waals surface area contributed by atoms with Gasteiger partial charge in [-0.2, -0.15) is 0 Å². The summed E-state index contributed by atoms with van der Waals surface area (Å²) in [6, 6.07) is 8.33. The van der Waals surface area contributed by atoms with Crippen molar-refractivity contribution in [3.63, 3.8) is 0 Å². The highest BCUT2D eigenvalue weighted by Crippen LogP contribution is 2.32. The lowest BCUT2D eigenvalue weighted by molar-refractivity contribution is -0.384. The van der Waals surface area contributed by atoms with E-state index in [1.54, 1.807) is 24.4 Å². The maximum Gasteiger partial charge on any atom is 0.293 e. The van der Waals surface area contributed by atoms with E-state index in [4.69, 9.17) is 4.74 Å². The summed E-state index contributed by atoms with van der Waals surface area (Å²) in [5.41, 5.74) is 1.32. The Morgan fingerprint density at radius 2 is 2.00 bits per heavy atom. The Bertz CT molecular complexity index is 943. The Morgan fingerprint density at radius 3 is 2.68 bits per heavy atom. The molecule has 1 aromatic heterocycles. The fourth-order valence-electron chi connectivity index (χ4n) is 4.13. The number of morpholine rings is 1. The van der Waals surface area contributed by atoms with E-state index in [1.165, 1.54) is 6.07 Å². The first-order valence-corrected chi connectivity index (χ1v) is 10.6. The number of carbonyl (C=O) groups is 1. The molecule has 31 heavy (non-hydrogen) atoms. The van der Waals surface area contributed by atoms with Gasteiger partial charge in [-0.1, -0.05) is 6.92 Å². The largest absolute Gasteiger partial charge is 0.378 e. The molecule has 0 radical (unpaired) electrons. The number of pyridine rings is 1. The fourth-order valence-corrected chi connectivity index (χ4v) is 4.13. The summed E-state index contributed by atoms with van der Waals surface area (Å²) in [7, 11) is 0. The number of carbonyl (C=O) groups excluding carboxylic acids is 1. The number of nitro benzene ring substituents is 1. The van der Waals surface area contributed by atoms with Crippen molar-refractivity contribution in [3.05, 3.63) is 52.2 Å². The van der Waals surface area contributed by atoms with Crippen LogP contribution >= 0.6 is 0 Å². The number of ether oxygens (including phenoxy) is 1. The first kappa shape index (κ1) is 21.0. The van der Waals surface area contributed by atoms with Gasteiger partial charge in [0.15, 0.2) is 0 Å². The van der Waals surface area contributed by atoms with Gasteiger partial charge >= 0.3 is 0 Å². The predicted octanol–water partition coefficient (Wildman–Crippen LogP) is 3.32. The molecule has 2 saturated heterocycles. The zero-order chi connectivity index (χ0) is 21.8. The third-order valence-electron chi connectivity index (χ3n) is 5.77. The van der Waals surface area contributed by atoms with Gasteiger partial charge in [0.25, 0.3) is 11.6 Å². The topological polar surface area (TPSA) is 101 Å². The minimum Gasteiger partial charge on any atom is -0.378 e. The standard InChI is InChI=1S/C22H27N5O4/c1-16-3-2-8-26(15-16)19-6-4-17(13-20(19)27(29)30)22(28)24-18-5-7-21(23-14-18)25-9-11-31-12-10-25/h4-7,13-14,16H,2-3,8-12,15H2,1H3,(H,24,28). The van der Waals surface area contributed by atoms with Crippen LogP contribution in [0.25, 0.3) is 0 Å². The van der Waals surface area contributed by atoms with Crippen LogP contribution in [0.2, 0.25) is 0 Å². The number of hydrogen-bond donors (Lipinski definition) is 1. The van der Waals surface area contributed by atoms with Crippen LogP contribution in [-0.2, 0) is 4.74 Å². The van der Waals surface area contributed by atoms with Crippen LogP contribution in [-0.4, -0.2) is 55.2 Å². The van der Waals surface area contributed by atoms with Gasteiger partial charge in [0.1, 0.15) is 11.5 Å². The molecule has 9 nitrogen and oxygen atoms in total. The van der Waals surface area contributed by atoms with E-state index in [9.17, 15) is 14.9 Å². The summed E-state index contributed by atoms with van der Waals surface area (Å²) in [6.07, 6.45) is 3.73. The number of benzene rings is 1. The molecule has 4 rings (SSSR count). The van der Waals surface area contributed by atoms with Gasteiger partial charge in [0.05, 0.1) is 30.0 Å². The lowest BCUT2D eigenvalue weighted by Crippen LogP contribution is -2.36. The van der Waals surface area contributed by atoms with Crippen molar-refractivity contribution in [2.75, 3.05) is 54.5 Å². The van der Waals surface area contributed by atoms with Crippen LogP contribution in [0.4, 0.5) is 22.9 Å². The van der Waals surface area contributed by atoms with Gasteiger partial charge in [0, 0.05) is 37.8 Å². The van der Waals surface area contributed by atoms with Crippen molar-refractivity contribution in [1.82, 2.24) is 4.98 Å². The zero-order valence-corrected chi connectivity index (χ0v) is 17.6. The van der Waals surface area contributed by atoms with E-state index in [1.807, 2.05) is 11.0 Å². The van der Waals surface area contributed by atoms with E-state index >= 15 is 0 Å². The smallest absolute Gasteiger partial charge is 0.293 e. The average Bonchev–Trinajstić information content (AvgIpc) is 2.79. The van der Waals surface area contributed by atoms with Crippen molar-refractivity contribution in [1.29, 1.82) is 0 Å². The van der Waals surface area contributed by atoms with Crippen LogP contribution in [0.15, 0.2) is 36.5 Å². The second-order valence-corrected chi connectivity index (χ2v) is 8.11. The molecule has 0 aliphatic carbocycles. The van der Waals surface area contributed by atoms with E-state index in [0.717, 1.165) is 44.8 Å². The normalized spacial score (nSPS) is 19.2. The van der Waals surface area contributed by atoms with Crippen molar-refractivity contribution in [3.8, 4) is 0 Å². The Hall–Kier alpha value is -3.20. The molecule has 2 aliphatic heterocycles. The maximum absolute atomic E-state index is 12.7. The molecular weight excluding hydrogens is 398 g/mol. The minimum absolute atomic E-state index is 0.0393. The van der Waals surface area contributed by atoms with Crippen molar-refractivity contribution in [2.24, 2.45) is 5.92 Å². The number of hydrogen-bond acceptors (Lipinski definition) is 7. The molecule has 2 aromatic rings. The van der Waals surface area contributed by atoms with Crippen LogP contribution < -0.4 is 15.1 Å². The molecule has 1 N–H and O–H groups in total. The van der Waals surface area contributed by atoms with Gasteiger partial charge in [-0.3, -0.25) is 14.9 Å². The third kappa shape index (κ3) is 4.93. The molecule has 1 unspecified atom stereocenters. The summed E-state index contributed by atoms with van der Waals surface area (Å²) < 4.78 is 5.35. The van der Waals surface area contributed by atoms with E-state index < -0.39 is 10.8 Å². The van der Waals surface area contributed by atoms with Gasteiger partial charge in [-0.05, 0) is 43.0 Å². The number of nitrogens with one attached hydrogen (secondary N) is 1. The highest BCUT2D eigenvalue weighted by atomic mass is 16.6. The Balaban J connectivity index is 1.48. The highest BCUT2D eigenvalue weighted by molar-refractivity contribution is 6.05. The Kier molecular flexibility index (Phi) is 6.31. The quantitative estimate of drug-likeness (QED) is 0.579. The fraction of sp³-hybridized carbons (Fsp3) is 0.455. The number of rotatable bonds is 5. The summed E-state index contributed by atoms with van der Waals surface area (Å²) >= 11 is 0. The first-order chi connectivity index (χ1) is 15.0. The van der Waals surface area contributed by atoms with Crippen LogP contribution in [0, 0.1) is 16.0 Å². The lowest BCUT2D eigenvalue weighted by Gasteiger charge is -2.32. The summed E-state index contributed by atoms with van der Waals surface area (Å²) in [4.78, 5) is 32.6. The van der Waals surface area contributed by atoms with Crippen LogP contribution in [0.3, 0.4) is 0 Å². The molecule has 1 aromatic carbocycles. The number of piperidine rings is 1. The minimum atomic E-state index is -0.413. The molecule has 2 fully saturated rings. The molecule has 0 spiro atoms. The zero-order valence-electron chi connectivity index (χ0n) is 17.6. The Labute approximate surface area is 181 Å². The third-order valence-corrected chi connectivity index (χ3v) is 5.77. The van der Waals surface area contributed by atoms with Gasteiger partial charge in [-0.15, -0.1) is 0 Å². The van der Waals surface area contributed by atoms with Crippen LogP contribution in [0.5, 0.6) is 0 Å². The molecule has 0 bridgehead atoms. The van der Waals surface area contributed by atoms with E-state index in [0.29, 0.717) is 30.5 Å². The molecule has 1 atom stereocenters. The summed E-state index contributed by atoms with van der Waals surface area (Å²) in [6.45, 7) is 6.63. The monoisotopic (exact) mass is 425 g/mol. The second kappa shape index (κ2) is 9.30. The maximum atomic E-state index is 12.7. The molecule has 3 heterocycles. The molecular formula is C22H27N5O4. The van der Waals surface area contributed by atoms with Crippen molar-refractivity contribution >= 4 is 28.8 Å². The molecule has 164 valence electrons. The number of nitrogens with zero attached hydrogens (tertiary/aromatic N) is 4. The van der Waals surface area contributed by atoms with Crippen molar-refractivity contribution in [2.45, 2.75) is 19.8 Å². The average molecular weight is 425 g/mol. The molecule has 0 saturated carbocycles. The molecule has 9 heteroatoms. The summed E-state index contributed by atoms with van der Waals surface area (Å²) in [5, 5.41) is 14.5. The second-order valence-electron chi connectivity index (χ2n) is 8.11. The van der Waals surface area contributed by atoms with Gasteiger partial charge in [-0.25, -0.2) is 4.98 Å². The Morgan fingerprint density at radius 1 is 1.19 bits per heavy atom.